The van der Waals surface area contributed by atoms with Crippen LogP contribution in [0.1, 0.15) is 39.5 Å². The first-order valence-electron chi connectivity index (χ1n) is 4.42. The molecule has 2 unspecified atom stereocenters. The molecule has 0 aromatic carbocycles. The van der Waals surface area contributed by atoms with Crippen LogP contribution in [-0.4, -0.2) is 11.2 Å². The van der Waals surface area contributed by atoms with Gasteiger partial charge >= 0.3 is 0 Å². The van der Waals surface area contributed by atoms with E-state index in [4.69, 9.17) is 0 Å². The first-order chi connectivity index (χ1) is 4.74. The second-order valence-electron chi connectivity index (χ2n) is 3.65. The highest BCUT2D eigenvalue weighted by atomic mass is 16.3. The maximum Gasteiger partial charge on any atom is 0.0570 e. The van der Waals surface area contributed by atoms with Crippen LogP contribution >= 0.6 is 0 Å². The Morgan fingerprint density at radius 1 is 1.50 bits per heavy atom. The number of aliphatic hydroxyl groups excluding tert-OH is 1. The van der Waals surface area contributed by atoms with Gasteiger partial charge in [0.15, 0.2) is 0 Å². The molecule has 0 heterocycles. The van der Waals surface area contributed by atoms with E-state index < -0.39 is 0 Å². The van der Waals surface area contributed by atoms with Crippen LogP contribution in [0.2, 0.25) is 0 Å². The van der Waals surface area contributed by atoms with E-state index in [0.717, 1.165) is 6.42 Å². The van der Waals surface area contributed by atoms with Gasteiger partial charge < -0.3 is 5.11 Å². The van der Waals surface area contributed by atoms with Crippen LogP contribution in [0.15, 0.2) is 0 Å². The van der Waals surface area contributed by atoms with Gasteiger partial charge in [0.05, 0.1) is 6.10 Å². The zero-order chi connectivity index (χ0) is 7.56. The van der Waals surface area contributed by atoms with Crippen molar-refractivity contribution >= 4 is 0 Å². The van der Waals surface area contributed by atoms with Crippen molar-refractivity contribution in [1.29, 1.82) is 0 Å². The van der Waals surface area contributed by atoms with Crippen LogP contribution in [0.4, 0.5) is 0 Å². The zero-order valence-electron chi connectivity index (χ0n) is 7.01. The van der Waals surface area contributed by atoms with E-state index in [1.54, 1.807) is 0 Å². The number of rotatable bonds is 4. The molecule has 0 aromatic heterocycles. The minimum Gasteiger partial charge on any atom is -0.393 e. The second-order valence-corrected chi connectivity index (χ2v) is 3.65. The highest BCUT2D eigenvalue weighted by Gasteiger charge is 2.29. The van der Waals surface area contributed by atoms with Crippen molar-refractivity contribution in [3.63, 3.8) is 0 Å². The SMILES string of the molecule is CCC(C)CC(O)C1CC1. The van der Waals surface area contributed by atoms with Crippen LogP contribution < -0.4 is 0 Å². The van der Waals surface area contributed by atoms with Crippen molar-refractivity contribution in [1.82, 2.24) is 0 Å². The van der Waals surface area contributed by atoms with Gasteiger partial charge in [-0.1, -0.05) is 20.3 Å². The molecule has 1 rings (SSSR count). The fraction of sp³-hybridized carbons (Fsp3) is 1.00. The Morgan fingerprint density at radius 3 is 2.50 bits per heavy atom. The molecular formula is C9H18O. The first kappa shape index (κ1) is 8.06. The first-order valence-corrected chi connectivity index (χ1v) is 4.42. The maximum absolute atomic E-state index is 9.49. The van der Waals surface area contributed by atoms with Gasteiger partial charge in [-0.2, -0.15) is 0 Å². The standard InChI is InChI=1S/C9H18O/c1-3-7(2)6-9(10)8-4-5-8/h7-10H,3-6H2,1-2H3. The van der Waals surface area contributed by atoms with Crippen molar-refractivity contribution in [3.05, 3.63) is 0 Å². The molecule has 0 aromatic rings. The van der Waals surface area contributed by atoms with Gasteiger partial charge in [0.2, 0.25) is 0 Å². The van der Waals surface area contributed by atoms with Gasteiger partial charge in [0.1, 0.15) is 0 Å². The Kier molecular flexibility index (Phi) is 2.72. The lowest BCUT2D eigenvalue weighted by atomic mass is 9.99. The van der Waals surface area contributed by atoms with Crippen molar-refractivity contribution in [2.45, 2.75) is 45.6 Å². The summed E-state index contributed by atoms with van der Waals surface area (Å²) in [6.45, 7) is 4.40. The van der Waals surface area contributed by atoms with Crippen LogP contribution in [-0.2, 0) is 0 Å². The van der Waals surface area contributed by atoms with Crippen LogP contribution in [0.5, 0.6) is 0 Å². The molecule has 1 N–H and O–H groups in total. The topological polar surface area (TPSA) is 20.2 Å². The van der Waals surface area contributed by atoms with Crippen LogP contribution in [0.3, 0.4) is 0 Å². The van der Waals surface area contributed by atoms with Gasteiger partial charge in [0.25, 0.3) is 0 Å². The third-order valence-electron chi connectivity index (χ3n) is 2.51. The summed E-state index contributed by atoms with van der Waals surface area (Å²) in [7, 11) is 0. The maximum atomic E-state index is 9.49. The molecule has 1 heteroatoms. The van der Waals surface area contributed by atoms with Gasteiger partial charge in [-0.15, -0.1) is 0 Å². The molecule has 0 radical (unpaired) electrons. The Morgan fingerprint density at radius 2 is 2.10 bits per heavy atom. The van der Waals surface area contributed by atoms with Crippen molar-refractivity contribution < 1.29 is 5.11 Å². The highest BCUT2D eigenvalue weighted by molar-refractivity contribution is 4.81. The van der Waals surface area contributed by atoms with Crippen molar-refractivity contribution in [2.24, 2.45) is 11.8 Å². The average Bonchev–Trinajstić information content (AvgIpc) is 2.68. The largest absolute Gasteiger partial charge is 0.393 e. The quantitative estimate of drug-likeness (QED) is 0.638. The smallest absolute Gasteiger partial charge is 0.0570 e. The van der Waals surface area contributed by atoms with E-state index in [9.17, 15) is 5.11 Å². The lowest BCUT2D eigenvalue weighted by Crippen LogP contribution is -2.13. The van der Waals surface area contributed by atoms with E-state index in [1.807, 2.05) is 0 Å². The summed E-state index contributed by atoms with van der Waals surface area (Å²) in [6.07, 6.45) is 4.75. The number of hydrogen-bond donors (Lipinski definition) is 1. The lowest BCUT2D eigenvalue weighted by molar-refractivity contribution is 0.123. The van der Waals surface area contributed by atoms with Crippen molar-refractivity contribution in [3.8, 4) is 0 Å². The summed E-state index contributed by atoms with van der Waals surface area (Å²) in [5, 5.41) is 9.49. The fourth-order valence-corrected chi connectivity index (χ4v) is 1.25. The molecule has 1 fully saturated rings. The fourth-order valence-electron chi connectivity index (χ4n) is 1.25. The van der Waals surface area contributed by atoms with E-state index in [-0.39, 0.29) is 6.10 Å². The Hall–Kier alpha value is -0.0400. The predicted molar refractivity (Wildman–Crippen MR) is 42.8 cm³/mol. The summed E-state index contributed by atoms with van der Waals surface area (Å²) in [5.74, 6) is 1.37. The third-order valence-corrected chi connectivity index (χ3v) is 2.51. The summed E-state index contributed by atoms with van der Waals surface area (Å²) < 4.78 is 0. The van der Waals surface area contributed by atoms with Gasteiger partial charge in [-0.25, -0.2) is 0 Å². The number of aliphatic hydroxyl groups is 1. The average molecular weight is 142 g/mol. The molecular weight excluding hydrogens is 124 g/mol. The van der Waals surface area contributed by atoms with E-state index in [1.165, 1.54) is 19.3 Å². The minimum absolute atomic E-state index is 0.00921. The molecule has 0 bridgehead atoms. The summed E-state index contributed by atoms with van der Waals surface area (Å²) >= 11 is 0. The molecule has 1 aliphatic carbocycles. The summed E-state index contributed by atoms with van der Waals surface area (Å²) in [6, 6.07) is 0. The normalized spacial score (nSPS) is 24.3. The molecule has 10 heavy (non-hydrogen) atoms. The van der Waals surface area contributed by atoms with E-state index in [0.29, 0.717) is 11.8 Å². The highest BCUT2D eigenvalue weighted by Crippen LogP contribution is 2.35. The molecule has 1 nitrogen and oxygen atoms in total. The molecule has 0 saturated heterocycles. The van der Waals surface area contributed by atoms with Gasteiger partial charge in [-0.05, 0) is 31.1 Å². The molecule has 0 aliphatic heterocycles. The summed E-state index contributed by atoms with van der Waals surface area (Å²) in [4.78, 5) is 0. The lowest BCUT2D eigenvalue weighted by Gasteiger charge is -2.13. The van der Waals surface area contributed by atoms with E-state index in [2.05, 4.69) is 13.8 Å². The summed E-state index contributed by atoms with van der Waals surface area (Å²) in [5.41, 5.74) is 0. The zero-order valence-corrected chi connectivity index (χ0v) is 7.01. The van der Waals surface area contributed by atoms with Gasteiger partial charge in [-0.3, -0.25) is 0 Å². The molecule has 0 amide bonds. The minimum atomic E-state index is 0.00921. The molecule has 1 aliphatic rings. The molecule has 0 spiro atoms. The second kappa shape index (κ2) is 3.38. The Balaban J connectivity index is 2.10. The molecule has 1 saturated carbocycles. The van der Waals surface area contributed by atoms with E-state index >= 15 is 0 Å². The third kappa shape index (κ3) is 2.30. The number of hydrogen-bond acceptors (Lipinski definition) is 1. The Labute approximate surface area is 63.4 Å². The monoisotopic (exact) mass is 142 g/mol. The predicted octanol–water partition coefficient (Wildman–Crippen LogP) is 2.19. The van der Waals surface area contributed by atoms with Crippen LogP contribution in [0, 0.1) is 11.8 Å². The molecule has 2 atom stereocenters. The van der Waals surface area contributed by atoms with Gasteiger partial charge in [0, 0.05) is 0 Å². The molecule has 60 valence electrons. The van der Waals surface area contributed by atoms with Crippen molar-refractivity contribution in [2.75, 3.05) is 0 Å². The Bertz CT molecular complexity index is 96.9. The van der Waals surface area contributed by atoms with Crippen LogP contribution in [0.25, 0.3) is 0 Å².